The lowest BCUT2D eigenvalue weighted by atomic mass is 9.90. The van der Waals surface area contributed by atoms with Crippen molar-refractivity contribution in [2.24, 2.45) is 0 Å². The van der Waals surface area contributed by atoms with Gasteiger partial charge in [0.05, 0.1) is 11.9 Å². The lowest BCUT2D eigenvalue weighted by Crippen LogP contribution is -2.46. The van der Waals surface area contributed by atoms with Crippen molar-refractivity contribution in [1.29, 1.82) is 0 Å². The Morgan fingerprint density at radius 2 is 2.26 bits per heavy atom. The number of piperidine rings is 1. The first-order valence-electron chi connectivity index (χ1n) is 6.72. The molecule has 1 amide bonds. The molecule has 1 aromatic rings. The van der Waals surface area contributed by atoms with E-state index in [-0.39, 0.29) is 12.1 Å². The highest BCUT2D eigenvalue weighted by atomic mass is 16.6. The van der Waals surface area contributed by atoms with Crippen molar-refractivity contribution in [3.8, 4) is 0 Å². The number of hydrogen-bond acceptors (Lipinski definition) is 4. The summed E-state index contributed by atoms with van der Waals surface area (Å²) in [4.78, 5) is 13.9. The molecule has 0 saturated carbocycles. The average Bonchev–Trinajstić information content (AvgIpc) is 2.79. The predicted octanol–water partition coefficient (Wildman–Crippen LogP) is 2.31. The zero-order chi connectivity index (χ0) is 14.0. The first kappa shape index (κ1) is 13.8. The fourth-order valence-electron chi connectivity index (χ4n) is 2.44. The second kappa shape index (κ2) is 5.19. The highest BCUT2D eigenvalue weighted by molar-refractivity contribution is 5.68. The van der Waals surface area contributed by atoms with Crippen LogP contribution < -0.4 is 0 Å². The summed E-state index contributed by atoms with van der Waals surface area (Å²) in [5.41, 5.74) is 0.537. The van der Waals surface area contributed by atoms with Crippen molar-refractivity contribution >= 4 is 6.09 Å². The van der Waals surface area contributed by atoms with Crippen molar-refractivity contribution in [3.05, 3.63) is 11.9 Å². The molecule has 1 aliphatic heterocycles. The molecule has 106 valence electrons. The van der Waals surface area contributed by atoms with Crippen LogP contribution in [0.25, 0.3) is 0 Å². The Morgan fingerprint density at radius 1 is 1.53 bits per heavy atom. The number of aromatic nitrogens is 3. The molecule has 6 heteroatoms. The van der Waals surface area contributed by atoms with E-state index in [1.54, 1.807) is 6.20 Å². The summed E-state index contributed by atoms with van der Waals surface area (Å²) in [6.07, 6.45) is 3.33. The van der Waals surface area contributed by atoms with Gasteiger partial charge in [0.25, 0.3) is 0 Å². The van der Waals surface area contributed by atoms with Crippen LogP contribution in [-0.2, 0) is 4.74 Å². The van der Waals surface area contributed by atoms with Gasteiger partial charge in [0.1, 0.15) is 5.60 Å². The van der Waals surface area contributed by atoms with Crippen molar-refractivity contribution in [3.63, 3.8) is 0 Å². The summed E-state index contributed by atoms with van der Waals surface area (Å²) in [6, 6.07) is 0.158. The fourth-order valence-corrected chi connectivity index (χ4v) is 2.44. The Bertz CT molecular complexity index is 424. The molecule has 0 spiro atoms. The molecular formula is C13H22N4O2. The van der Waals surface area contributed by atoms with Crippen LogP contribution in [-0.4, -0.2) is 44.6 Å². The number of amides is 1. The molecule has 19 heavy (non-hydrogen) atoms. The van der Waals surface area contributed by atoms with Crippen molar-refractivity contribution in [2.45, 2.75) is 58.1 Å². The van der Waals surface area contributed by atoms with Crippen LogP contribution >= 0.6 is 0 Å². The third kappa shape index (κ3) is 3.45. The first-order chi connectivity index (χ1) is 8.87. The van der Waals surface area contributed by atoms with E-state index in [0.717, 1.165) is 18.5 Å². The monoisotopic (exact) mass is 266 g/mol. The number of H-pyrrole nitrogens is 1. The Morgan fingerprint density at radius 3 is 2.79 bits per heavy atom. The van der Waals surface area contributed by atoms with Gasteiger partial charge in [-0.1, -0.05) is 0 Å². The topological polar surface area (TPSA) is 71.1 Å². The maximum Gasteiger partial charge on any atom is 0.410 e. The molecule has 0 aromatic carbocycles. The summed E-state index contributed by atoms with van der Waals surface area (Å²) >= 11 is 0. The summed E-state index contributed by atoms with van der Waals surface area (Å²) in [7, 11) is 0. The second-order valence-electron chi connectivity index (χ2n) is 6.14. The number of hydrogen-bond donors (Lipinski definition) is 1. The van der Waals surface area contributed by atoms with E-state index in [4.69, 9.17) is 4.74 Å². The Balaban J connectivity index is 1.95. The number of aromatic amines is 1. The van der Waals surface area contributed by atoms with Gasteiger partial charge < -0.3 is 9.64 Å². The maximum absolute atomic E-state index is 12.1. The third-order valence-electron chi connectivity index (χ3n) is 3.36. The molecule has 1 aromatic heterocycles. The number of ether oxygens (including phenoxy) is 1. The Kier molecular flexibility index (Phi) is 3.78. The molecule has 1 saturated heterocycles. The number of likely N-dealkylation sites (tertiary alicyclic amines) is 1. The molecule has 2 rings (SSSR count). The zero-order valence-electron chi connectivity index (χ0n) is 12.0. The van der Waals surface area contributed by atoms with E-state index < -0.39 is 5.60 Å². The smallest absolute Gasteiger partial charge is 0.410 e. The molecule has 1 aliphatic rings. The molecule has 0 unspecified atom stereocenters. The van der Waals surface area contributed by atoms with Crippen LogP contribution in [0.5, 0.6) is 0 Å². The molecule has 2 atom stereocenters. The van der Waals surface area contributed by atoms with E-state index >= 15 is 0 Å². The number of carbonyl (C=O) groups excluding carboxylic acids is 1. The number of nitrogens with zero attached hydrogens (tertiary/aromatic N) is 3. The van der Waals surface area contributed by atoms with Gasteiger partial charge in [-0.05, 0) is 40.5 Å². The van der Waals surface area contributed by atoms with E-state index in [9.17, 15) is 4.79 Å². The van der Waals surface area contributed by atoms with E-state index in [1.807, 2.05) is 25.7 Å². The van der Waals surface area contributed by atoms with Gasteiger partial charge in [-0.25, -0.2) is 4.79 Å². The SMILES string of the molecule is C[C@@H]1C[C@@H](c2cn[nH]n2)CCN1C(=O)OC(C)(C)C. The summed E-state index contributed by atoms with van der Waals surface area (Å²) in [6.45, 7) is 8.41. The van der Waals surface area contributed by atoms with Crippen molar-refractivity contribution < 1.29 is 9.53 Å². The Hall–Kier alpha value is -1.59. The van der Waals surface area contributed by atoms with Gasteiger partial charge in [-0.3, -0.25) is 0 Å². The van der Waals surface area contributed by atoms with Crippen molar-refractivity contribution in [1.82, 2.24) is 20.3 Å². The van der Waals surface area contributed by atoms with Crippen LogP contribution in [0.1, 0.15) is 52.1 Å². The number of rotatable bonds is 1. The van der Waals surface area contributed by atoms with Crippen LogP contribution in [0.4, 0.5) is 4.79 Å². The molecule has 6 nitrogen and oxygen atoms in total. The molecule has 1 N–H and O–H groups in total. The standard InChI is InChI=1S/C13H22N4O2/c1-9-7-10(11-8-14-16-15-11)5-6-17(9)12(18)19-13(2,3)4/h8-10H,5-7H2,1-4H3,(H,14,15,16)/t9-,10+/m1/s1. The highest BCUT2D eigenvalue weighted by Gasteiger charge is 2.33. The van der Waals surface area contributed by atoms with Gasteiger partial charge in [0.15, 0.2) is 0 Å². The van der Waals surface area contributed by atoms with E-state index in [0.29, 0.717) is 12.5 Å². The lowest BCUT2D eigenvalue weighted by molar-refractivity contribution is 0.0102. The second-order valence-corrected chi connectivity index (χ2v) is 6.14. The normalized spacial score (nSPS) is 24.3. The van der Waals surface area contributed by atoms with Gasteiger partial charge in [0.2, 0.25) is 0 Å². The number of nitrogens with one attached hydrogen (secondary N) is 1. The number of carbonyl (C=O) groups is 1. The first-order valence-corrected chi connectivity index (χ1v) is 6.72. The van der Waals surface area contributed by atoms with E-state index in [1.165, 1.54) is 0 Å². The summed E-state index contributed by atoms with van der Waals surface area (Å²) in [5.74, 6) is 0.368. The molecular weight excluding hydrogens is 244 g/mol. The van der Waals surface area contributed by atoms with Gasteiger partial charge in [0, 0.05) is 18.5 Å². The van der Waals surface area contributed by atoms with Crippen LogP contribution in [0.15, 0.2) is 6.20 Å². The largest absolute Gasteiger partial charge is 0.444 e. The van der Waals surface area contributed by atoms with Gasteiger partial charge >= 0.3 is 6.09 Å². The van der Waals surface area contributed by atoms with Crippen LogP contribution in [0.2, 0.25) is 0 Å². The summed E-state index contributed by atoms with van der Waals surface area (Å²) in [5, 5.41) is 10.6. The van der Waals surface area contributed by atoms with Crippen LogP contribution in [0, 0.1) is 0 Å². The highest BCUT2D eigenvalue weighted by Crippen LogP contribution is 2.30. The zero-order valence-corrected chi connectivity index (χ0v) is 12.0. The average molecular weight is 266 g/mol. The molecule has 1 fully saturated rings. The van der Waals surface area contributed by atoms with E-state index in [2.05, 4.69) is 22.3 Å². The van der Waals surface area contributed by atoms with Crippen molar-refractivity contribution in [2.75, 3.05) is 6.54 Å². The minimum Gasteiger partial charge on any atom is -0.444 e. The minimum atomic E-state index is -0.445. The van der Waals surface area contributed by atoms with Gasteiger partial charge in [-0.15, -0.1) is 0 Å². The summed E-state index contributed by atoms with van der Waals surface area (Å²) < 4.78 is 5.43. The lowest BCUT2D eigenvalue weighted by Gasteiger charge is -2.37. The quantitative estimate of drug-likeness (QED) is 0.846. The molecule has 0 aliphatic carbocycles. The Labute approximate surface area is 113 Å². The fraction of sp³-hybridized carbons (Fsp3) is 0.769. The minimum absolute atomic E-state index is 0.158. The molecule has 0 radical (unpaired) electrons. The molecule has 2 heterocycles. The third-order valence-corrected chi connectivity index (χ3v) is 3.36. The molecule has 0 bridgehead atoms. The van der Waals surface area contributed by atoms with Crippen LogP contribution in [0.3, 0.4) is 0 Å². The van der Waals surface area contributed by atoms with Gasteiger partial charge in [-0.2, -0.15) is 15.4 Å². The predicted molar refractivity (Wildman–Crippen MR) is 70.8 cm³/mol. The maximum atomic E-state index is 12.1.